The first-order valence-corrected chi connectivity index (χ1v) is 9.57. The van der Waals surface area contributed by atoms with E-state index in [9.17, 15) is 9.59 Å². The molecule has 0 radical (unpaired) electrons. The van der Waals surface area contributed by atoms with E-state index in [1.165, 1.54) is 11.8 Å². The monoisotopic (exact) mass is 290 g/mol. The maximum absolute atomic E-state index is 11.1. The van der Waals surface area contributed by atoms with Crippen LogP contribution in [0.2, 0.25) is 6.04 Å². The normalized spacial score (nSPS) is 11.2. The molecule has 0 aromatic rings. The minimum absolute atomic E-state index is 0.0866. The Hall–Kier alpha value is 0.0269. The van der Waals surface area contributed by atoms with E-state index in [1.807, 2.05) is 0 Å². The Bertz CT molecular complexity index is 245. The van der Waals surface area contributed by atoms with Gasteiger partial charge in [-0.25, -0.2) is 0 Å². The molecule has 0 bridgehead atoms. The number of hydrogen-bond donors (Lipinski definition) is 1. The summed E-state index contributed by atoms with van der Waals surface area (Å²) in [5.74, 6) is -0.754. The summed E-state index contributed by atoms with van der Waals surface area (Å²) in [6.07, 6.45) is 0.565. The summed E-state index contributed by atoms with van der Waals surface area (Å²) < 4.78 is 0. The molecule has 0 aromatic carbocycles. The van der Waals surface area contributed by atoms with E-state index < -0.39 is 11.9 Å². The van der Waals surface area contributed by atoms with Gasteiger partial charge in [-0.2, -0.15) is 0 Å². The van der Waals surface area contributed by atoms with Crippen LogP contribution in [0.25, 0.3) is 0 Å². The van der Waals surface area contributed by atoms with Crippen LogP contribution in [0.5, 0.6) is 0 Å². The summed E-state index contributed by atoms with van der Waals surface area (Å²) in [6, 6.07) is -2.18. The maximum atomic E-state index is 11.1. The van der Waals surface area contributed by atoms with Crippen molar-refractivity contribution in [1.29, 1.82) is 0 Å². The van der Waals surface area contributed by atoms with Gasteiger partial charge in [0.1, 0.15) is 0 Å². The van der Waals surface area contributed by atoms with Crippen molar-refractivity contribution in [1.82, 2.24) is 4.90 Å². The fourth-order valence-corrected chi connectivity index (χ4v) is 2.77. The molecule has 0 aliphatic heterocycles. The van der Waals surface area contributed by atoms with Crippen LogP contribution in [-0.2, 0) is 9.59 Å². The Morgan fingerprint density at radius 2 is 1.87 bits per heavy atom. The molecule has 0 aromatic heterocycles. The molecule has 0 saturated heterocycles. The molecule has 0 rings (SSSR count). The van der Waals surface area contributed by atoms with Gasteiger partial charge in [0, 0.05) is 13.5 Å². The van der Waals surface area contributed by atoms with Crippen molar-refractivity contribution < 1.29 is 9.59 Å². The first kappa shape index (κ1) is 15.0. The Morgan fingerprint density at radius 1 is 1.33 bits per heavy atom. The average Bonchev–Trinajstić information content (AvgIpc) is 1.99. The van der Waals surface area contributed by atoms with Crippen molar-refractivity contribution in [3.63, 3.8) is 0 Å². The van der Waals surface area contributed by atoms with Gasteiger partial charge in [-0.15, -0.1) is 33.2 Å². The zero-order valence-corrected chi connectivity index (χ0v) is 11.6. The van der Waals surface area contributed by atoms with Crippen LogP contribution in [0.3, 0.4) is 0 Å². The summed E-state index contributed by atoms with van der Waals surface area (Å²) in [7, 11) is 0. The molecule has 2 N–H and O–H groups in total. The number of rotatable bonds is 6. The summed E-state index contributed by atoms with van der Waals surface area (Å²) in [4.78, 5) is 23.0. The number of hydrogen-bond acceptors (Lipinski definition) is 2. The molecule has 8 heteroatoms. The number of carbonyl (C=O) groups excluding carboxylic acids is 2. The van der Waals surface area contributed by atoms with Gasteiger partial charge < -0.3 is 10.6 Å². The predicted octanol–water partition coefficient (Wildman–Crippen LogP) is 1.37. The molecule has 4 nitrogen and oxygen atoms in total. The van der Waals surface area contributed by atoms with Gasteiger partial charge in [0.25, 0.3) is 0 Å². The Kier molecular flexibility index (Phi) is 6.59. The van der Waals surface area contributed by atoms with Crippen molar-refractivity contribution in [2.75, 3.05) is 13.1 Å². The minimum Gasteiger partial charge on any atom is -0.368 e. The van der Waals surface area contributed by atoms with Crippen LogP contribution < -0.4 is 5.73 Å². The number of amides is 2. The summed E-state index contributed by atoms with van der Waals surface area (Å²) >= 11 is 17.0. The van der Waals surface area contributed by atoms with Crippen LogP contribution in [0, 0.1) is 0 Å². The van der Waals surface area contributed by atoms with E-state index in [4.69, 9.17) is 39.0 Å². The number of primary amides is 1. The van der Waals surface area contributed by atoms with Gasteiger partial charge in [-0.1, -0.05) is 0 Å². The lowest BCUT2D eigenvalue weighted by atomic mass is 10.4. The molecule has 0 atom stereocenters. The van der Waals surface area contributed by atoms with E-state index in [0.29, 0.717) is 19.0 Å². The van der Waals surface area contributed by atoms with E-state index in [1.54, 1.807) is 0 Å². The SMILES string of the molecule is CC(=O)N(CCC[Si](Cl)(Cl)Cl)CC(N)=O. The van der Waals surface area contributed by atoms with E-state index in [-0.39, 0.29) is 12.5 Å². The molecule has 0 saturated carbocycles. The van der Waals surface area contributed by atoms with E-state index >= 15 is 0 Å². The van der Waals surface area contributed by atoms with Gasteiger partial charge in [0.15, 0.2) is 0 Å². The van der Waals surface area contributed by atoms with Crippen molar-refractivity contribution in [3.05, 3.63) is 0 Å². The highest BCUT2D eigenvalue weighted by atomic mass is 35.8. The second-order valence-corrected chi connectivity index (χ2v) is 12.4. The van der Waals surface area contributed by atoms with Crippen molar-refractivity contribution in [2.45, 2.75) is 19.4 Å². The quantitative estimate of drug-likeness (QED) is 0.593. The molecule has 0 spiro atoms. The Labute approximate surface area is 104 Å². The fraction of sp³-hybridized carbons (Fsp3) is 0.714. The molecular formula is C7H13Cl3N2O2Si. The number of nitrogens with two attached hydrogens (primary N) is 1. The average molecular weight is 292 g/mol. The van der Waals surface area contributed by atoms with Gasteiger partial charge in [-0.05, 0) is 12.5 Å². The number of nitrogens with zero attached hydrogens (tertiary/aromatic N) is 1. The smallest absolute Gasteiger partial charge is 0.341 e. The number of halogens is 3. The van der Waals surface area contributed by atoms with Gasteiger partial charge >= 0.3 is 6.00 Å². The topological polar surface area (TPSA) is 63.4 Å². The zero-order chi connectivity index (χ0) is 12.1. The lowest BCUT2D eigenvalue weighted by molar-refractivity contribution is -0.133. The molecule has 2 amide bonds. The van der Waals surface area contributed by atoms with Crippen LogP contribution in [0.15, 0.2) is 0 Å². The molecule has 0 heterocycles. The molecule has 15 heavy (non-hydrogen) atoms. The van der Waals surface area contributed by atoms with Gasteiger partial charge in [0.05, 0.1) is 6.54 Å². The maximum Gasteiger partial charge on any atom is 0.341 e. The van der Waals surface area contributed by atoms with Crippen molar-refractivity contribution in [3.8, 4) is 0 Å². The first-order chi connectivity index (χ1) is 6.72. The standard InChI is InChI=1S/C7H13Cl3N2O2Si/c1-6(13)12(5-7(11)14)3-2-4-15(8,9)10/h2-5H2,1H3,(H2,11,14). The van der Waals surface area contributed by atoms with Crippen molar-refractivity contribution >= 4 is 51.1 Å². The Morgan fingerprint density at radius 3 is 2.20 bits per heavy atom. The molecular weight excluding hydrogens is 279 g/mol. The summed E-state index contributed by atoms with van der Waals surface area (Å²) in [5.41, 5.74) is 4.99. The van der Waals surface area contributed by atoms with E-state index in [0.717, 1.165) is 0 Å². The lowest BCUT2D eigenvalue weighted by Crippen LogP contribution is -2.38. The second-order valence-electron chi connectivity index (χ2n) is 3.13. The molecule has 0 fully saturated rings. The number of carbonyl (C=O) groups is 2. The molecule has 0 aliphatic carbocycles. The highest BCUT2D eigenvalue weighted by Gasteiger charge is 2.24. The second kappa shape index (κ2) is 6.58. The highest BCUT2D eigenvalue weighted by molar-refractivity contribution is 7.64. The third-order valence-electron chi connectivity index (χ3n) is 1.68. The van der Waals surface area contributed by atoms with Crippen LogP contribution in [0.1, 0.15) is 13.3 Å². The fourth-order valence-electron chi connectivity index (χ4n) is 1.01. The van der Waals surface area contributed by atoms with Crippen LogP contribution in [0.4, 0.5) is 0 Å². The molecule has 0 unspecified atom stereocenters. The van der Waals surface area contributed by atoms with Gasteiger partial charge in [0.2, 0.25) is 11.8 Å². The zero-order valence-electron chi connectivity index (χ0n) is 8.30. The minimum atomic E-state index is -2.64. The first-order valence-electron chi connectivity index (χ1n) is 4.33. The van der Waals surface area contributed by atoms with Crippen LogP contribution >= 0.6 is 33.2 Å². The van der Waals surface area contributed by atoms with E-state index in [2.05, 4.69) is 0 Å². The molecule has 0 aliphatic rings. The van der Waals surface area contributed by atoms with Crippen molar-refractivity contribution in [2.24, 2.45) is 5.73 Å². The third kappa shape index (κ3) is 8.99. The largest absolute Gasteiger partial charge is 0.368 e. The third-order valence-corrected chi connectivity index (χ3v) is 4.30. The predicted molar refractivity (Wildman–Crippen MR) is 64.2 cm³/mol. The Balaban J connectivity index is 3.98. The summed E-state index contributed by atoms with van der Waals surface area (Å²) in [6.45, 7) is 1.67. The van der Waals surface area contributed by atoms with Gasteiger partial charge in [-0.3, -0.25) is 9.59 Å². The molecule has 88 valence electrons. The lowest BCUT2D eigenvalue weighted by Gasteiger charge is -2.19. The van der Waals surface area contributed by atoms with Crippen LogP contribution in [-0.4, -0.2) is 35.8 Å². The highest BCUT2D eigenvalue weighted by Crippen LogP contribution is 2.26. The summed E-state index contributed by atoms with van der Waals surface area (Å²) in [5, 5.41) is 0.